The molecule has 0 aliphatic rings. The van der Waals surface area contributed by atoms with Crippen LogP contribution in [0.15, 0.2) is 24.3 Å². The van der Waals surface area contributed by atoms with Crippen molar-refractivity contribution < 1.29 is 14.6 Å². The normalized spacial score (nSPS) is 13.2. The number of ketones is 1. The van der Waals surface area contributed by atoms with Gasteiger partial charge >= 0.3 is 0 Å². The highest BCUT2D eigenvalue weighted by Gasteiger charge is 2.32. The Hall–Kier alpha value is -2.29. The van der Waals surface area contributed by atoms with Gasteiger partial charge in [-0.25, -0.2) is 0 Å². The molecule has 33 heavy (non-hydrogen) atoms. The lowest BCUT2D eigenvalue weighted by molar-refractivity contribution is 0.103. The number of phenols is 1. The molecule has 0 aliphatic heterocycles. The summed E-state index contributed by atoms with van der Waals surface area (Å²) >= 11 is 0. The summed E-state index contributed by atoms with van der Waals surface area (Å²) in [5.74, 6) is 0.428. The number of rotatable bonds is 3. The van der Waals surface area contributed by atoms with Gasteiger partial charge in [0.25, 0.3) is 0 Å². The molecule has 0 atom stereocenters. The number of hydrogen-bond donors (Lipinski definition) is 1. The first kappa shape index (κ1) is 27.0. The van der Waals surface area contributed by atoms with Crippen LogP contribution in [0.2, 0.25) is 0 Å². The fraction of sp³-hybridized carbons (Fsp3) is 0.567. The van der Waals surface area contributed by atoms with Crippen molar-refractivity contribution in [2.45, 2.75) is 105 Å². The maximum Gasteiger partial charge on any atom is 0.200 e. The van der Waals surface area contributed by atoms with Gasteiger partial charge in [-0.15, -0.1) is 0 Å². The molecule has 0 aromatic heterocycles. The zero-order valence-electron chi connectivity index (χ0n) is 23.1. The molecule has 2 aromatic carbocycles. The highest BCUT2D eigenvalue weighted by molar-refractivity contribution is 6.13. The average Bonchev–Trinajstić information content (AvgIpc) is 2.63. The van der Waals surface area contributed by atoms with Crippen molar-refractivity contribution in [2.75, 3.05) is 7.11 Å². The minimum Gasteiger partial charge on any atom is -0.507 e. The Labute approximate surface area is 201 Å². The van der Waals surface area contributed by atoms with E-state index in [1.165, 1.54) is 0 Å². The monoisotopic (exact) mass is 452 g/mol. The van der Waals surface area contributed by atoms with Crippen LogP contribution in [0.1, 0.15) is 121 Å². The van der Waals surface area contributed by atoms with E-state index in [2.05, 4.69) is 89.2 Å². The lowest BCUT2D eigenvalue weighted by Gasteiger charge is -2.29. The summed E-state index contributed by atoms with van der Waals surface area (Å²) < 4.78 is 5.85. The lowest BCUT2D eigenvalue weighted by Crippen LogP contribution is -2.21. The predicted octanol–water partition coefficient (Wildman–Crippen LogP) is 7.82. The third-order valence-electron chi connectivity index (χ3n) is 6.24. The molecular formula is C30H44O3. The standard InChI is InChI=1S/C30H44O3/c1-27(2,3)18-14-20(25(32)22(16-18)29(7,8)9)24(31)21-15-19(28(4,5)6)17-23(26(21)33-13)30(10,11)12/h14-17,32H,1-13H3. The summed E-state index contributed by atoms with van der Waals surface area (Å²) in [5.41, 5.74) is 3.84. The molecular weight excluding hydrogens is 408 g/mol. The molecule has 0 fully saturated rings. The van der Waals surface area contributed by atoms with E-state index in [-0.39, 0.29) is 33.2 Å². The molecule has 0 unspecified atom stereocenters. The van der Waals surface area contributed by atoms with Gasteiger partial charge in [0.05, 0.1) is 18.2 Å². The molecule has 0 heterocycles. The number of methoxy groups -OCH3 is 1. The van der Waals surface area contributed by atoms with Crippen LogP contribution >= 0.6 is 0 Å². The minimum absolute atomic E-state index is 0.0565. The smallest absolute Gasteiger partial charge is 0.200 e. The highest BCUT2D eigenvalue weighted by Crippen LogP contribution is 2.42. The van der Waals surface area contributed by atoms with Gasteiger partial charge in [0, 0.05) is 11.1 Å². The van der Waals surface area contributed by atoms with E-state index in [1.807, 2.05) is 18.2 Å². The quantitative estimate of drug-likeness (QED) is 0.483. The molecule has 0 saturated heterocycles. The zero-order chi connectivity index (χ0) is 25.7. The van der Waals surface area contributed by atoms with Gasteiger partial charge in [-0.1, -0.05) is 95.2 Å². The third kappa shape index (κ3) is 5.62. The van der Waals surface area contributed by atoms with Crippen LogP contribution in [-0.2, 0) is 21.7 Å². The van der Waals surface area contributed by atoms with E-state index < -0.39 is 0 Å². The second-order valence-corrected chi connectivity index (χ2v) is 13.4. The summed E-state index contributed by atoms with van der Waals surface area (Å²) in [6.45, 7) is 25.4. The van der Waals surface area contributed by atoms with Gasteiger partial charge in [-0.3, -0.25) is 4.79 Å². The predicted molar refractivity (Wildman–Crippen MR) is 139 cm³/mol. The van der Waals surface area contributed by atoms with E-state index in [1.54, 1.807) is 7.11 Å². The van der Waals surface area contributed by atoms with Crippen LogP contribution in [0.25, 0.3) is 0 Å². The number of benzene rings is 2. The van der Waals surface area contributed by atoms with Gasteiger partial charge < -0.3 is 9.84 Å². The second-order valence-electron chi connectivity index (χ2n) is 13.4. The van der Waals surface area contributed by atoms with Crippen molar-refractivity contribution >= 4 is 5.78 Å². The molecule has 3 nitrogen and oxygen atoms in total. The Morgan fingerprint density at radius 1 is 0.636 bits per heavy atom. The number of phenolic OH excluding ortho intramolecular Hbond substituents is 1. The molecule has 0 bridgehead atoms. The van der Waals surface area contributed by atoms with Crippen molar-refractivity contribution in [1.29, 1.82) is 0 Å². The van der Waals surface area contributed by atoms with E-state index >= 15 is 0 Å². The molecule has 182 valence electrons. The highest BCUT2D eigenvalue weighted by atomic mass is 16.5. The van der Waals surface area contributed by atoms with Gasteiger partial charge in [0.2, 0.25) is 5.78 Å². The first-order chi connectivity index (χ1) is 14.7. The zero-order valence-corrected chi connectivity index (χ0v) is 23.1. The maximum absolute atomic E-state index is 14.1. The van der Waals surface area contributed by atoms with Crippen LogP contribution < -0.4 is 4.74 Å². The van der Waals surface area contributed by atoms with E-state index in [4.69, 9.17) is 4.74 Å². The van der Waals surface area contributed by atoms with Gasteiger partial charge in [-0.2, -0.15) is 0 Å². The fourth-order valence-corrected chi connectivity index (χ4v) is 3.96. The number of ether oxygens (including phenoxy) is 1. The van der Waals surface area contributed by atoms with E-state index in [9.17, 15) is 9.90 Å². The first-order valence-corrected chi connectivity index (χ1v) is 11.8. The summed E-state index contributed by atoms with van der Waals surface area (Å²) in [5, 5.41) is 11.3. The van der Waals surface area contributed by atoms with Gasteiger partial charge in [-0.05, 0) is 44.9 Å². The molecule has 3 heteroatoms. The van der Waals surface area contributed by atoms with Crippen LogP contribution in [0, 0.1) is 0 Å². The van der Waals surface area contributed by atoms with Crippen molar-refractivity contribution in [3.63, 3.8) is 0 Å². The molecule has 0 spiro atoms. The third-order valence-corrected chi connectivity index (χ3v) is 6.24. The SMILES string of the molecule is COc1c(C(=O)c2cc(C(C)(C)C)cc(C(C)(C)C)c2O)cc(C(C)(C)C)cc1C(C)(C)C. The molecule has 0 amide bonds. The van der Waals surface area contributed by atoms with Crippen LogP contribution in [0.4, 0.5) is 0 Å². The summed E-state index contributed by atoms with van der Waals surface area (Å²) in [7, 11) is 1.62. The molecule has 2 aromatic rings. The van der Waals surface area contributed by atoms with E-state index in [0.717, 1.165) is 22.3 Å². The van der Waals surface area contributed by atoms with Crippen LogP contribution in [0.3, 0.4) is 0 Å². The fourth-order valence-electron chi connectivity index (χ4n) is 3.96. The molecule has 0 radical (unpaired) electrons. The largest absolute Gasteiger partial charge is 0.507 e. The van der Waals surface area contributed by atoms with Gasteiger partial charge in [0.15, 0.2) is 0 Å². The van der Waals surface area contributed by atoms with Crippen molar-refractivity contribution in [2.24, 2.45) is 0 Å². The molecule has 1 N–H and O–H groups in total. The Bertz CT molecular complexity index is 1050. The minimum atomic E-state index is -0.311. The number of aromatic hydroxyl groups is 1. The Morgan fingerprint density at radius 2 is 1.03 bits per heavy atom. The number of hydrogen-bond acceptors (Lipinski definition) is 3. The maximum atomic E-state index is 14.1. The molecule has 2 rings (SSSR count). The first-order valence-electron chi connectivity index (χ1n) is 11.8. The Kier molecular flexibility index (Phi) is 6.93. The summed E-state index contributed by atoms with van der Waals surface area (Å²) in [6.07, 6.45) is 0. The Morgan fingerprint density at radius 3 is 1.39 bits per heavy atom. The lowest BCUT2D eigenvalue weighted by atomic mass is 9.76. The average molecular weight is 453 g/mol. The molecule has 0 aliphatic carbocycles. The van der Waals surface area contributed by atoms with Crippen molar-refractivity contribution in [3.8, 4) is 11.5 Å². The van der Waals surface area contributed by atoms with Crippen LogP contribution in [-0.4, -0.2) is 18.0 Å². The number of carbonyl (C=O) groups is 1. The van der Waals surface area contributed by atoms with Crippen molar-refractivity contribution in [3.05, 3.63) is 57.6 Å². The van der Waals surface area contributed by atoms with E-state index in [0.29, 0.717) is 16.9 Å². The van der Waals surface area contributed by atoms with Crippen molar-refractivity contribution in [1.82, 2.24) is 0 Å². The number of carbonyl (C=O) groups excluding carboxylic acids is 1. The second kappa shape index (κ2) is 8.49. The topological polar surface area (TPSA) is 46.5 Å². The Balaban J connectivity index is 2.96. The summed E-state index contributed by atoms with van der Waals surface area (Å²) in [4.78, 5) is 14.1. The van der Waals surface area contributed by atoms with Crippen LogP contribution in [0.5, 0.6) is 11.5 Å². The van der Waals surface area contributed by atoms with Gasteiger partial charge in [0.1, 0.15) is 11.5 Å². The summed E-state index contributed by atoms with van der Waals surface area (Å²) in [6, 6.07) is 7.99. The molecule has 0 saturated carbocycles.